The van der Waals surface area contributed by atoms with Crippen LogP contribution in [0.4, 0.5) is 0 Å². The van der Waals surface area contributed by atoms with Crippen molar-refractivity contribution in [3.63, 3.8) is 0 Å². The second-order valence-corrected chi connectivity index (χ2v) is 6.69. The molecule has 4 heterocycles. The van der Waals surface area contributed by atoms with Gasteiger partial charge >= 0.3 is 0 Å². The molecule has 0 atom stereocenters. The average molecular weight is 369 g/mol. The molecule has 0 amide bonds. The Kier molecular flexibility index (Phi) is 5.12. The summed E-state index contributed by atoms with van der Waals surface area (Å²) in [5, 5.41) is 8.58. The summed E-state index contributed by atoms with van der Waals surface area (Å²) in [6, 6.07) is 5.06. The molecule has 9 nitrogen and oxygen atoms in total. The molecule has 0 unspecified atom stereocenters. The Morgan fingerprint density at radius 2 is 1.93 bits per heavy atom. The van der Waals surface area contributed by atoms with E-state index in [2.05, 4.69) is 25.0 Å². The van der Waals surface area contributed by atoms with Crippen molar-refractivity contribution >= 4 is 0 Å². The minimum Gasteiger partial charge on any atom is -0.445 e. The summed E-state index contributed by atoms with van der Waals surface area (Å²) < 4.78 is 8.72. The third kappa shape index (κ3) is 4.32. The van der Waals surface area contributed by atoms with Crippen LogP contribution in [0.15, 0.2) is 46.0 Å². The molecule has 9 heteroatoms. The van der Waals surface area contributed by atoms with Crippen LogP contribution in [-0.2, 0) is 13.1 Å². The first-order valence-electron chi connectivity index (χ1n) is 9.11. The molecule has 3 aromatic heterocycles. The number of hydrogen-bond donors (Lipinski definition) is 0. The summed E-state index contributed by atoms with van der Waals surface area (Å²) in [4.78, 5) is 21.1. The Labute approximate surface area is 156 Å². The van der Waals surface area contributed by atoms with Crippen molar-refractivity contribution in [1.29, 1.82) is 0 Å². The van der Waals surface area contributed by atoms with E-state index in [1.165, 1.54) is 4.68 Å². The fraction of sp³-hybridized carbons (Fsp3) is 0.444. The maximum Gasteiger partial charge on any atom is 0.266 e. The number of aromatic nitrogens is 5. The van der Waals surface area contributed by atoms with Crippen molar-refractivity contribution in [1.82, 2.24) is 34.3 Å². The lowest BCUT2D eigenvalue weighted by molar-refractivity contribution is 0.115. The van der Waals surface area contributed by atoms with E-state index in [-0.39, 0.29) is 5.56 Å². The molecule has 27 heavy (non-hydrogen) atoms. The van der Waals surface area contributed by atoms with E-state index >= 15 is 0 Å². The summed E-state index contributed by atoms with van der Waals surface area (Å²) in [5.74, 6) is 2.26. The summed E-state index contributed by atoms with van der Waals surface area (Å²) in [5.41, 5.74) is -0.0937. The van der Waals surface area contributed by atoms with Gasteiger partial charge in [-0.25, -0.2) is 14.3 Å². The predicted molar refractivity (Wildman–Crippen MR) is 98.6 cm³/mol. The van der Waals surface area contributed by atoms with Gasteiger partial charge in [0.1, 0.15) is 5.76 Å². The number of oxazole rings is 1. The van der Waals surface area contributed by atoms with Gasteiger partial charge < -0.3 is 4.42 Å². The first kappa shape index (κ1) is 17.6. The van der Waals surface area contributed by atoms with Crippen molar-refractivity contribution < 1.29 is 4.42 Å². The molecule has 0 bridgehead atoms. The van der Waals surface area contributed by atoms with Gasteiger partial charge in [-0.2, -0.15) is 5.10 Å². The van der Waals surface area contributed by atoms with E-state index < -0.39 is 0 Å². The molecular weight excluding hydrogens is 346 g/mol. The molecule has 1 fully saturated rings. The first-order valence-corrected chi connectivity index (χ1v) is 9.11. The molecule has 3 aromatic rings. The lowest BCUT2D eigenvalue weighted by Crippen LogP contribution is -2.47. The summed E-state index contributed by atoms with van der Waals surface area (Å²) in [6.45, 7) is 7.82. The van der Waals surface area contributed by atoms with Crippen molar-refractivity contribution in [3.8, 4) is 5.82 Å². The summed E-state index contributed by atoms with van der Waals surface area (Å²) >= 11 is 0. The average Bonchev–Trinajstić information content (AvgIpc) is 3.34. The van der Waals surface area contributed by atoms with Crippen LogP contribution < -0.4 is 5.56 Å². The van der Waals surface area contributed by atoms with Gasteiger partial charge in [-0.15, -0.1) is 5.10 Å². The molecular formula is C18H23N7O2. The van der Waals surface area contributed by atoms with Crippen LogP contribution in [0.5, 0.6) is 0 Å². The van der Waals surface area contributed by atoms with Crippen molar-refractivity contribution in [2.75, 3.05) is 32.7 Å². The standard InChI is InChI=1S/C18H23N7O2/c1-15-13-19-17(27-15)14-23-9-7-22(8-10-23)11-12-25-18(26)4-3-16(21-25)24-6-2-5-20-24/h2-6,13H,7-12,14H2,1H3. The van der Waals surface area contributed by atoms with Crippen LogP contribution in [0.3, 0.4) is 0 Å². The van der Waals surface area contributed by atoms with Crippen LogP contribution in [0.25, 0.3) is 5.82 Å². The molecule has 0 N–H and O–H groups in total. The zero-order valence-corrected chi connectivity index (χ0v) is 15.4. The smallest absolute Gasteiger partial charge is 0.266 e. The number of rotatable bonds is 6. The van der Waals surface area contributed by atoms with E-state index in [0.29, 0.717) is 12.4 Å². The molecule has 0 aliphatic carbocycles. The van der Waals surface area contributed by atoms with Crippen LogP contribution >= 0.6 is 0 Å². The molecule has 0 spiro atoms. The molecule has 0 aromatic carbocycles. The van der Waals surface area contributed by atoms with Crippen molar-refractivity contribution in [2.24, 2.45) is 0 Å². The second kappa shape index (κ2) is 7.85. The maximum atomic E-state index is 12.1. The largest absolute Gasteiger partial charge is 0.445 e. The fourth-order valence-corrected chi connectivity index (χ4v) is 3.20. The number of hydrogen-bond acceptors (Lipinski definition) is 7. The van der Waals surface area contributed by atoms with Crippen LogP contribution in [-0.4, -0.2) is 67.1 Å². The lowest BCUT2D eigenvalue weighted by atomic mass is 10.3. The van der Waals surface area contributed by atoms with E-state index in [9.17, 15) is 4.79 Å². The van der Waals surface area contributed by atoms with Crippen molar-refractivity contribution in [2.45, 2.75) is 20.0 Å². The van der Waals surface area contributed by atoms with Crippen LogP contribution in [0.2, 0.25) is 0 Å². The molecule has 0 radical (unpaired) electrons. The number of aryl methyl sites for hydroxylation is 1. The quantitative estimate of drug-likeness (QED) is 0.627. The Hall–Kier alpha value is -2.78. The highest BCUT2D eigenvalue weighted by Crippen LogP contribution is 2.09. The Morgan fingerprint density at radius 3 is 2.63 bits per heavy atom. The van der Waals surface area contributed by atoms with Crippen molar-refractivity contribution in [3.05, 3.63) is 58.8 Å². The van der Waals surface area contributed by atoms with Crippen LogP contribution in [0.1, 0.15) is 11.7 Å². The molecule has 1 aliphatic heterocycles. The van der Waals surface area contributed by atoms with Gasteiger partial charge in [0.25, 0.3) is 5.56 Å². The Balaban J connectivity index is 1.30. The molecule has 142 valence electrons. The molecule has 1 saturated heterocycles. The van der Waals surface area contributed by atoms with Gasteiger partial charge in [0.2, 0.25) is 5.89 Å². The molecule has 0 saturated carbocycles. The first-order chi connectivity index (χ1) is 13.2. The summed E-state index contributed by atoms with van der Waals surface area (Å²) in [6.07, 6.45) is 5.26. The van der Waals surface area contributed by atoms with Crippen LogP contribution in [0, 0.1) is 6.92 Å². The highest BCUT2D eigenvalue weighted by Gasteiger charge is 2.18. The summed E-state index contributed by atoms with van der Waals surface area (Å²) in [7, 11) is 0. The fourth-order valence-electron chi connectivity index (χ4n) is 3.20. The van der Waals surface area contributed by atoms with Gasteiger partial charge in [0.05, 0.1) is 19.3 Å². The SMILES string of the molecule is Cc1cnc(CN2CCN(CCn3nc(-n4cccn4)ccc3=O)CC2)o1. The highest BCUT2D eigenvalue weighted by atomic mass is 16.4. The monoisotopic (exact) mass is 369 g/mol. The zero-order chi connectivity index (χ0) is 18.6. The topological polar surface area (TPSA) is 85.2 Å². The number of nitrogens with zero attached hydrogens (tertiary/aromatic N) is 7. The Bertz CT molecular complexity index is 923. The van der Waals surface area contributed by atoms with Gasteiger partial charge in [-0.1, -0.05) is 0 Å². The highest BCUT2D eigenvalue weighted by molar-refractivity contribution is 5.17. The second-order valence-electron chi connectivity index (χ2n) is 6.69. The van der Waals surface area contributed by atoms with Gasteiger partial charge in [0, 0.05) is 51.2 Å². The Morgan fingerprint density at radius 1 is 1.11 bits per heavy atom. The van der Waals surface area contributed by atoms with Gasteiger partial charge in [-0.3, -0.25) is 14.6 Å². The van der Waals surface area contributed by atoms with Gasteiger partial charge in [-0.05, 0) is 19.1 Å². The molecule has 1 aliphatic rings. The van der Waals surface area contributed by atoms with E-state index in [1.54, 1.807) is 29.2 Å². The third-order valence-corrected chi connectivity index (χ3v) is 4.71. The van der Waals surface area contributed by atoms with E-state index in [0.717, 1.165) is 50.9 Å². The van der Waals surface area contributed by atoms with E-state index in [1.807, 2.05) is 19.2 Å². The minimum absolute atomic E-state index is 0.0937. The minimum atomic E-state index is -0.0937. The zero-order valence-electron chi connectivity index (χ0n) is 15.4. The third-order valence-electron chi connectivity index (χ3n) is 4.71. The molecule has 4 rings (SSSR count). The number of piperazine rings is 1. The maximum absolute atomic E-state index is 12.1. The lowest BCUT2D eigenvalue weighted by Gasteiger charge is -2.33. The van der Waals surface area contributed by atoms with E-state index in [4.69, 9.17) is 4.42 Å². The van der Waals surface area contributed by atoms with Gasteiger partial charge in [0.15, 0.2) is 5.82 Å². The predicted octanol–water partition coefficient (Wildman–Crippen LogP) is 0.543. The normalized spacial score (nSPS) is 16.0.